The molecule has 1 aromatic rings. The van der Waals surface area contributed by atoms with E-state index < -0.39 is 0 Å². The molecule has 5 nitrogen and oxygen atoms in total. The fraction of sp³-hybridized carbons (Fsp3) is 0.800. The molecule has 0 spiro atoms. The van der Waals surface area contributed by atoms with Crippen LogP contribution in [0.2, 0.25) is 0 Å². The van der Waals surface area contributed by atoms with Gasteiger partial charge in [0.2, 0.25) is 0 Å². The van der Waals surface area contributed by atoms with Crippen LogP contribution in [0.15, 0.2) is 6.20 Å². The standard InChI is InChI=1S/C10H20N4O/c1-4-6-9(15-5-2)10(11)8-7-12-13-14(8)3/h7,9-10H,4-6,11H2,1-3H3. The normalized spacial score (nSPS) is 15.2. The van der Waals surface area contributed by atoms with Crippen LogP contribution in [0, 0.1) is 0 Å². The molecule has 0 aromatic carbocycles. The Labute approximate surface area is 90.6 Å². The Morgan fingerprint density at radius 3 is 2.73 bits per heavy atom. The van der Waals surface area contributed by atoms with Gasteiger partial charge in [-0.2, -0.15) is 0 Å². The number of nitrogens with zero attached hydrogens (tertiary/aromatic N) is 3. The van der Waals surface area contributed by atoms with Crippen LogP contribution in [0.1, 0.15) is 38.4 Å². The highest BCUT2D eigenvalue weighted by molar-refractivity contribution is 5.03. The molecular weight excluding hydrogens is 192 g/mol. The van der Waals surface area contributed by atoms with E-state index in [0.29, 0.717) is 6.61 Å². The van der Waals surface area contributed by atoms with Crippen LogP contribution in [0.5, 0.6) is 0 Å². The molecule has 0 amide bonds. The van der Waals surface area contributed by atoms with Crippen molar-refractivity contribution in [1.82, 2.24) is 15.0 Å². The molecule has 1 rings (SSSR count). The summed E-state index contributed by atoms with van der Waals surface area (Å²) in [7, 11) is 1.84. The molecule has 0 fully saturated rings. The molecule has 1 aromatic heterocycles. The van der Waals surface area contributed by atoms with E-state index in [0.717, 1.165) is 18.5 Å². The Kier molecular flexibility index (Phi) is 4.71. The minimum atomic E-state index is -0.148. The van der Waals surface area contributed by atoms with Crippen molar-refractivity contribution in [3.8, 4) is 0 Å². The molecule has 1 heterocycles. The molecule has 2 N–H and O–H groups in total. The predicted molar refractivity (Wildman–Crippen MR) is 58.3 cm³/mol. The Morgan fingerprint density at radius 1 is 1.53 bits per heavy atom. The average Bonchev–Trinajstić information content (AvgIpc) is 2.63. The highest BCUT2D eigenvalue weighted by Gasteiger charge is 2.21. The zero-order chi connectivity index (χ0) is 11.3. The number of rotatable bonds is 6. The summed E-state index contributed by atoms with van der Waals surface area (Å²) in [6.45, 7) is 4.79. The molecule has 15 heavy (non-hydrogen) atoms. The first kappa shape index (κ1) is 12.1. The first-order valence-corrected chi connectivity index (χ1v) is 5.42. The van der Waals surface area contributed by atoms with Crippen molar-refractivity contribution in [2.75, 3.05) is 6.61 Å². The van der Waals surface area contributed by atoms with Gasteiger partial charge >= 0.3 is 0 Å². The lowest BCUT2D eigenvalue weighted by molar-refractivity contribution is 0.0356. The summed E-state index contributed by atoms with van der Waals surface area (Å²) in [6, 6.07) is -0.148. The second-order valence-corrected chi connectivity index (χ2v) is 3.59. The van der Waals surface area contributed by atoms with Crippen molar-refractivity contribution in [1.29, 1.82) is 0 Å². The van der Waals surface area contributed by atoms with Gasteiger partial charge in [-0.3, -0.25) is 4.68 Å². The summed E-state index contributed by atoms with van der Waals surface area (Å²) in [5.41, 5.74) is 7.05. The molecule has 5 heteroatoms. The Balaban J connectivity index is 2.71. The second-order valence-electron chi connectivity index (χ2n) is 3.59. The van der Waals surface area contributed by atoms with E-state index in [1.165, 1.54) is 0 Å². The monoisotopic (exact) mass is 212 g/mol. The zero-order valence-corrected chi connectivity index (χ0v) is 9.68. The molecule has 0 radical (unpaired) electrons. The lowest BCUT2D eigenvalue weighted by Crippen LogP contribution is -2.30. The number of aromatic nitrogens is 3. The van der Waals surface area contributed by atoms with Crippen molar-refractivity contribution in [2.45, 2.75) is 38.8 Å². The molecule has 0 saturated carbocycles. The van der Waals surface area contributed by atoms with Crippen LogP contribution >= 0.6 is 0 Å². The molecule has 0 aliphatic heterocycles. The lowest BCUT2D eigenvalue weighted by atomic mass is 10.0. The van der Waals surface area contributed by atoms with Crippen LogP contribution < -0.4 is 5.73 Å². The third kappa shape index (κ3) is 3.00. The maximum Gasteiger partial charge on any atom is 0.0783 e. The van der Waals surface area contributed by atoms with Gasteiger partial charge in [-0.25, -0.2) is 0 Å². The molecule has 0 aliphatic carbocycles. The number of ether oxygens (including phenoxy) is 1. The molecule has 2 atom stereocenters. The van der Waals surface area contributed by atoms with Gasteiger partial charge in [0.25, 0.3) is 0 Å². The fourth-order valence-electron chi connectivity index (χ4n) is 1.66. The van der Waals surface area contributed by atoms with E-state index in [-0.39, 0.29) is 12.1 Å². The van der Waals surface area contributed by atoms with Gasteiger partial charge in [-0.15, -0.1) is 5.10 Å². The minimum Gasteiger partial charge on any atom is -0.376 e. The largest absolute Gasteiger partial charge is 0.376 e. The molecule has 0 saturated heterocycles. The van der Waals surface area contributed by atoms with E-state index >= 15 is 0 Å². The summed E-state index contributed by atoms with van der Waals surface area (Å²) in [5.74, 6) is 0. The first-order chi connectivity index (χ1) is 7.20. The quantitative estimate of drug-likeness (QED) is 0.764. The average molecular weight is 212 g/mol. The molecule has 2 unspecified atom stereocenters. The van der Waals surface area contributed by atoms with Crippen molar-refractivity contribution < 1.29 is 4.74 Å². The van der Waals surface area contributed by atoms with E-state index in [2.05, 4.69) is 17.2 Å². The number of aryl methyl sites for hydroxylation is 1. The van der Waals surface area contributed by atoms with Crippen LogP contribution in [0.25, 0.3) is 0 Å². The second kappa shape index (κ2) is 5.82. The summed E-state index contributed by atoms with van der Waals surface area (Å²) >= 11 is 0. The van der Waals surface area contributed by atoms with Crippen molar-refractivity contribution in [3.63, 3.8) is 0 Å². The van der Waals surface area contributed by atoms with Crippen LogP contribution in [0.3, 0.4) is 0 Å². The van der Waals surface area contributed by atoms with Gasteiger partial charge < -0.3 is 10.5 Å². The Bertz CT molecular complexity index is 281. The third-order valence-electron chi connectivity index (χ3n) is 2.45. The zero-order valence-electron chi connectivity index (χ0n) is 9.68. The number of hydrogen-bond acceptors (Lipinski definition) is 4. The van der Waals surface area contributed by atoms with Gasteiger partial charge in [0.05, 0.1) is 24.0 Å². The summed E-state index contributed by atoms with van der Waals surface area (Å²) in [5, 5.41) is 7.69. The Hall–Kier alpha value is -0.940. The van der Waals surface area contributed by atoms with Gasteiger partial charge in [0.15, 0.2) is 0 Å². The van der Waals surface area contributed by atoms with Crippen LogP contribution in [-0.4, -0.2) is 27.7 Å². The summed E-state index contributed by atoms with van der Waals surface area (Å²) in [4.78, 5) is 0. The molecular formula is C10H20N4O. The molecule has 0 aliphatic rings. The van der Waals surface area contributed by atoms with Gasteiger partial charge in [-0.05, 0) is 13.3 Å². The van der Waals surface area contributed by atoms with E-state index in [4.69, 9.17) is 10.5 Å². The van der Waals surface area contributed by atoms with Crippen LogP contribution in [-0.2, 0) is 11.8 Å². The molecule has 86 valence electrons. The summed E-state index contributed by atoms with van der Waals surface area (Å²) in [6.07, 6.45) is 3.77. The highest BCUT2D eigenvalue weighted by atomic mass is 16.5. The fourth-order valence-corrected chi connectivity index (χ4v) is 1.66. The van der Waals surface area contributed by atoms with Crippen molar-refractivity contribution in [3.05, 3.63) is 11.9 Å². The number of nitrogens with two attached hydrogens (primary N) is 1. The lowest BCUT2D eigenvalue weighted by Gasteiger charge is -2.22. The first-order valence-electron chi connectivity index (χ1n) is 5.42. The van der Waals surface area contributed by atoms with E-state index in [9.17, 15) is 0 Å². The predicted octanol–water partition coefficient (Wildman–Crippen LogP) is 1.02. The highest BCUT2D eigenvalue weighted by Crippen LogP contribution is 2.18. The Morgan fingerprint density at radius 2 is 2.27 bits per heavy atom. The van der Waals surface area contributed by atoms with Gasteiger partial charge in [-0.1, -0.05) is 18.6 Å². The smallest absolute Gasteiger partial charge is 0.0783 e. The van der Waals surface area contributed by atoms with E-state index in [1.54, 1.807) is 10.9 Å². The maximum absolute atomic E-state index is 6.13. The summed E-state index contributed by atoms with van der Waals surface area (Å²) < 4.78 is 7.33. The van der Waals surface area contributed by atoms with Crippen molar-refractivity contribution >= 4 is 0 Å². The SMILES string of the molecule is CCCC(OCC)C(N)c1cnnn1C. The maximum atomic E-state index is 6.13. The topological polar surface area (TPSA) is 66.0 Å². The minimum absolute atomic E-state index is 0.0530. The van der Waals surface area contributed by atoms with Crippen molar-refractivity contribution in [2.24, 2.45) is 12.8 Å². The van der Waals surface area contributed by atoms with E-state index in [1.807, 2.05) is 14.0 Å². The number of hydrogen-bond donors (Lipinski definition) is 1. The van der Waals surface area contributed by atoms with Gasteiger partial charge in [0.1, 0.15) is 0 Å². The molecule has 0 bridgehead atoms. The third-order valence-corrected chi connectivity index (χ3v) is 2.45. The van der Waals surface area contributed by atoms with Gasteiger partial charge in [0, 0.05) is 13.7 Å². The van der Waals surface area contributed by atoms with Crippen LogP contribution in [0.4, 0.5) is 0 Å².